The molecule has 4 nitrogen and oxygen atoms in total. The zero-order chi connectivity index (χ0) is 14.8. The van der Waals surface area contributed by atoms with E-state index in [2.05, 4.69) is 15.6 Å². The van der Waals surface area contributed by atoms with Gasteiger partial charge in [-0.1, -0.05) is 0 Å². The monoisotopic (exact) mass is 289 g/mol. The smallest absolute Gasteiger partial charge is 0.373 e. The minimum absolute atomic E-state index is 0.00273. The number of alkyl halides is 3. The summed E-state index contributed by atoms with van der Waals surface area (Å²) in [4.78, 5) is 3.90. The second kappa shape index (κ2) is 5.97. The van der Waals surface area contributed by atoms with Crippen molar-refractivity contribution < 1.29 is 17.9 Å². The first-order chi connectivity index (χ1) is 9.36. The van der Waals surface area contributed by atoms with E-state index >= 15 is 0 Å². The summed E-state index contributed by atoms with van der Waals surface area (Å²) in [6.45, 7) is 5.10. The Labute approximate surface area is 115 Å². The van der Waals surface area contributed by atoms with Gasteiger partial charge in [0.15, 0.2) is 0 Å². The van der Waals surface area contributed by atoms with Gasteiger partial charge >= 0.3 is 6.18 Å². The fraction of sp³-hybridized carbons (Fsp3) is 0.615. The minimum Gasteiger partial charge on any atom is -0.373 e. The largest absolute Gasteiger partial charge is 0.416 e. The number of rotatable bonds is 3. The summed E-state index contributed by atoms with van der Waals surface area (Å²) in [5.74, 6) is 0.215. The van der Waals surface area contributed by atoms with Crippen molar-refractivity contribution in [2.45, 2.75) is 38.3 Å². The predicted molar refractivity (Wildman–Crippen MR) is 69.5 cm³/mol. The molecule has 0 radical (unpaired) electrons. The maximum Gasteiger partial charge on any atom is 0.416 e. The highest BCUT2D eigenvalue weighted by molar-refractivity contribution is 5.38. The van der Waals surface area contributed by atoms with Gasteiger partial charge in [0, 0.05) is 19.3 Å². The number of anilines is 1. The van der Waals surface area contributed by atoms with E-state index in [9.17, 15) is 13.2 Å². The van der Waals surface area contributed by atoms with Crippen LogP contribution in [0.25, 0.3) is 0 Å². The first kappa shape index (κ1) is 15.1. The van der Waals surface area contributed by atoms with E-state index in [1.807, 2.05) is 13.8 Å². The Balaban J connectivity index is 1.94. The molecule has 20 heavy (non-hydrogen) atoms. The molecule has 1 saturated heterocycles. The number of morpholine rings is 1. The summed E-state index contributed by atoms with van der Waals surface area (Å²) in [7, 11) is 0. The summed E-state index contributed by atoms with van der Waals surface area (Å²) in [5.41, 5.74) is -0.704. The number of nitrogens with zero attached hydrogens (tertiary/aromatic N) is 1. The number of halogens is 3. The minimum atomic E-state index is -4.35. The molecule has 0 aromatic carbocycles. The first-order valence-electron chi connectivity index (χ1n) is 6.52. The molecule has 1 aromatic rings. The average molecular weight is 289 g/mol. The number of nitrogens with one attached hydrogen (secondary N) is 2. The van der Waals surface area contributed by atoms with Crippen molar-refractivity contribution in [3.05, 3.63) is 23.9 Å². The van der Waals surface area contributed by atoms with Crippen LogP contribution in [0, 0.1) is 0 Å². The van der Waals surface area contributed by atoms with Gasteiger partial charge in [0.2, 0.25) is 0 Å². The zero-order valence-electron chi connectivity index (χ0n) is 11.4. The normalized spacial score (nSPS) is 27.4. The Bertz CT molecular complexity index is 453. The Kier molecular flexibility index (Phi) is 4.49. The Morgan fingerprint density at radius 3 is 2.85 bits per heavy atom. The van der Waals surface area contributed by atoms with Crippen molar-refractivity contribution in [2.75, 3.05) is 18.4 Å². The third-order valence-corrected chi connectivity index (χ3v) is 3.27. The van der Waals surface area contributed by atoms with Crippen LogP contribution in [0.1, 0.15) is 19.4 Å². The number of pyridine rings is 1. The van der Waals surface area contributed by atoms with E-state index in [1.165, 1.54) is 0 Å². The highest BCUT2D eigenvalue weighted by Crippen LogP contribution is 2.29. The molecule has 3 atom stereocenters. The number of aromatic nitrogens is 1. The van der Waals surface area contributed by atoms with E-state index in [-0.39, 0.29) is 24.1 Å². The maximum atomic E-state index is 12.6. The molecule has 1 aromatic heterocycles. The quantitative estimate of drug-likeness (QED) is 0.896. The molecule has 0 amide bonds. The molecule has 2 rings (SSSR count). The van der Waals surface area contributed by atoms with Crippen molar-refractivity contribution in [3.8, 4) is 0 Å². The summed E-state index contributed by atoms with van der Waals surface area (Å²) in [5, 5.41) is 6.21. The molecule has 1 aliphatic heterocycles. The van der Waals surface area contributed by atoms with Crippen LogP contribution in [0.15, 0.2) is 18.3 Å². The van der Waals surface area contributed by atoms with Crippen LogP contribution in [0.5, 0.6) is 0 Å². The molecule has 0 spiro atoms. The average Bonchev–Trinajstić information content (AvgIpc) is 2.37. The number of ether oxygens (including phenoxy) is 1. The lowest BCUT2D eigenvalue weighted by molar-refractivity contribution is -0.137. The highest BCUT2D eigenvalue weighted by atomic mass is 19.4. The van der Waals surface area contributed by atoms with Crippen LogP contribution < -0.4 is 10.6 Å². The van der Waals surface area contributed by atoms with Crippen molar-refractivity contribution in [1.29, 1.82) is 0 Å². The molecule has 2 N–H and O–H groups in total. The van der Waals surface area contributed by atoms with E-state index in [0.717, 1.165) is 24.9 Å². The van der Waals surface area contributed by atoms with E-state index in [4.69, 9.17) is 4.74 Å². The van der Waals surface area contributed by atoms with Gasteiger partial charge in [-0.2, -0.15) is 13.2 Å². The molecule has 1 fully saturated rings. The molecule has 0 unspecified atom stereocenters. The van der Waals surface area contributed by atoms with E-state index in [0.29, 0.717) is 6.54 Å². The SMILES string of the molecule is C[C@@H]1CN[C@H](CNc2cc(C(F)(F)F)ccn2)[C@H](C)O1. The Morgan fingerprint density at radius 2 is 2.20 bits per heavy atom. The van der Waals surface area contributed by atoms with Crippen LogP contribution in [0.2, 0.25) is 0 Å². The number of hydrogen-bond acceptors (Lipinski definition) is 4. The van der Waals surface area contributed by atoms with Gasteiger partial charge in [0.1, 0.15) is 5.82 Å². The standard InChI is InChI=1S/C13H18F3N3O/c1-8-6-18-11(9(2)20-8)7-19-12-5-10(3-4-17-12)13(14,15)16/h3-5,8-9,11,18H,6-7H2,1-2H3,(H,17,19)/t8-,9+,11-/m1/s1. The topological polar surface area (TPSA) is 46.2 Å². The van der Waals surface area contributed by atoms with Gasteiger partial charge in [-0.05, 0) is 26.0 Å². The first-order valence-corrected chi connectivity index (χ1v) is 6.52. The Morgan fingerprint density at radius 1 is 1.45 bits per heavy atom. The summed E-state index contributed by atoms with van der Waals surface area (Å²) in [6.07, 6.45) is -3.06. The summed E-state index contributed by atoms with van der Waals surface area (Å²) >= 11 is 0. The third kappa shape index (κ3) is 3.83. The Hall–Kier alpha value is -1.34. The summed E-state index contributed by atoms with van der Waals surface area (Å²) in [6, 6.07) is 2.01. The highest BCUT2D eigenvalue weighted by Gasteiger charge is 2.31. The fourth-order valence-electron chi connectivity index (χ4n) is 2.15. The van der Waals surface area contributed by atoms with Crippen LogP contribution in [-0.4, -0.2) is 36.3 Å². The van der Waals surface area contributed by atoms with Crippen LogP contribution in [-0.2, 0) is 10.9 Å². The lowest BCUT2D eigenvalue weighted by Gasteiger charge is -2.34. The third-order valence-electron chi connectivity index (χ3n) is 3.27. The van der Waals surface area contributed by atoms with Gasteiger partial charge < -0.3 is 15.4 Å². The zero-order valence-corrected chi connectivity index (χ0v) is 11.4. The lowest BCUT2D eigenvalue weighted by Crippen LogP contribution is -2.53. The maximum absolute atomic E-state index is 12.6. The molecule has 0 bridgehead atoms. The second-order valence-electron chi connectivity index (χ2n) is 4.97. The molecular formula is C13H18F3N3O. The van der Waals surface area contributed by atoms with Crippen molar-refractivity contribution in [3.63, 3.8) is 0 Å². The molecule has 1 aliphatic rings. The lowest BCUT2D eigenvalue weighted by atomic mass is 10.1. The molecule has 0 saturated carbocycles. The van der Waals surface area contributed by atoms with Crippen molar-refractivity contribution in [1.82, 2.24) is 10.3 Å². The van der Waals surface area contributed by atoms with Gasteiger partial charge in [0.25, 0.3) is 0 Å². The van der Waals surface area contributed by atoms with Gasteiger partial charge in [-0.3, -0.25) is 0 Å². The number of hydrogen-bond donors (Lipinski definition) is 2. The van der Waals surface area contributed by atoms with E-state index in [1.54, 1.807) is 0 Å². The second-order valence-corrected chi connectivity index (χ2v) is 4.97. The fourth-order valence-corrected chi connectivity index (χ4v) is 2.15. The van der Waals surface area contributed by atoms with Gasteiger partial charge in [-0.25, -0.2) is 4.98 Å². The van der Waals surface area contributed by atoms with Crippen molar-refractivity contribution in [2.24, 2.45) is 0 Å². The van der Waals surface area contributed by atoms with Crippen LogP contribution in [0.3, 0.4) is 0 Å². The molecular weight excluding hydrogens is 271 g/mol. The molecule has 7 heteroatoms. The summed E-state index contributed by atoms with van der Waals surface area (Å²) < 4.78 is 43.4. The predicted octanol–water partition coefficient (Wildman–Crippen LogP) is 2.28. The van der Waals surface area contributed by atoms with Crippen LogP contribution in [0.4, 0.5) is 19.0 Å². The van der Waals surface area contributed by atoms with Gasteiger partial charge in [-0.15, -0.1) is 0 Å². The van der Waals surface area contributed by atoms with Crippen LogP contribution >= 0.6 is 0 Å². The van der Waals surface area contributed by atoms with Gasteiger partial charge in [0.05, 0.1) is 23.8 Å². The van der Waals surface area contributed by atoms with E-state index < -0.39 is 11.7 Å². The molecule has 0 aliphatic carbocycles. The van der Waals surface area contributed by atoms with Crippen molar-refractivity contribution >= 4 is 5.82 Å². The molecule has 112 valence electrons. The molecule has 2 heterocycles.